The summed E-state index contributed by atoms with van der Waals surface area (Å²) in [5, 5.41) is 3.20. The summed E-state index contributed by atoms with van der Waals surface area (Å²) in [7, 11) is 0. The smallest absolute Gasteiger partial charge is 0.225 e. The molecule has 0 amide bonds. The van der Waals surface area contributed by atoms with Crippen LogP contribution in [0.1, 0.15) is 10.4 Å². The third-order valence-electron chi connectivity index (χ3n) is 2.00. The molecule has 0 saturated heterocycles. The molecule has 17 heavy (non-hydrogen) atoms. The number of rotatable bonds is 3. The normalized spacial score (nSPS) is 10.0. The molecule has 4 nitrogen and oxygen atoms in total. The van der Waals surface area contributed by atoms with Gasteiger partial charge in [0.05, 0.1) is 17.4 Å². The van der Waals surface area contributed by atoms with E-state index in [1.165, 1.54) is 18.3 Å². The van der Waals surface area contributed by atoms with E-state index in [9.17, 15) is 9.18 Å². The van der Waals surface area contributed by atoms with Crippen LogP contribution >= 0.6 is 11.6 Å². The van der Waals surface area contributed by atoms with Gasteiger partial charge in [0.15, 0.2) is 6.29 Å². The molecular weight excluding hydrogens is 245 g/mol. The Bertz CT molecular complexity index is 545. The lowest BCUT2D eigenvalue weighted by atomic mass is 10.3. The number of nitrogens with zero attached hydrogens (tertiary/aromatic N) is 2. The highest BCUT2D eigenvalue weighted by Gasteiger charge is 2.04. The lowest BCUT2D eigenvalue weighted by Gasteiger charge is -2.05. The summed E-state index contributed by atoms with van der Waals surface area (Å²) < 4.78 is 13.2. The molecule has 2 aromatic heterocycles. The predicted octanol–water partition coefficient (Wildman–Crippen LogP) is 2.83. The Morgan fingerprint density at radius 3 is 2.71 bits per heavy atom. The Hall–Kier alpha value is -2.01. The fourth-order valence-electron chi connectivity index (χ4n) is 1.20. The van der Waals surface area contributed by atoms with Crippen LogP contribution in [0.2, 0.25) is 5.15 Å². The number of carbonyl (C=O) groups is 1. The molecule has 0 aliphatic carbocycles. The Balaban J connectivity index is 2.21. The molecule has 0 aromatic carbocycles. The third kappa shape index (κ3) is 2.76. The first kappa shape index (κ1) is 11.5. The maximum absolute atomic E-state index is 13.2. The van der Waals surface area contributed by atoms with Crippen LogP contribution < -0.4 is 5.32 Å². The predicted molar refractivity (Wildman–Crippen MR) is 62.1 cm³/mol. The van der Waals surface area contributed by atoms with Crippen molar-refractivity contribution >= 4 is 29.4 Å². The van der Waals surface area contributed by atoms with E-state index in [0.717, 1.165) is 0 Å². The maximum atomic E-state index is 13.2. The summed E-state index contributed by atoms with van der Waals surface area (Å²) in [5.41, 5.74) is 0.546. The van der Waals surface area contributed by atoms with E-state index in [0.29, 0.717) is 17.1 Å². The van der Waals surface area contributed by atoms with Gasteiger partial charge in [0.25, 0.3) is 0 Å². The average Bonchev–Trinajstić information content (AvgIpc) is 2.32. The molecule has 0 unspecified atom stereocenters. The van der Waals surface area contributed by atoms with Gasteiger partial charge in [-0.2, -0.15) is 4.39 Å². The van der Waals surface area contributed by atoms with Crippen LogP contribution in [-0.2, 0) is 0 Å². The monoisotopic (exact) mass is 251 g/mol. The molecule has 0 fully saturated rings. The highest BCUT2D eigenvalue weighted by atomic mass is 35.5. The van der Waals surface area contributed by atoms with Gasteiger partial charge in [-0.1, -0.05) is 11.6 Å². The first-order chi connectivity index (χ1) is 8.19. The van der Waals surface area contributed by atoms with Crippen LogP contribution in [0.5, 0.6) is 0 Å². The van der Waals surface area contributed by atoms with Crippen molar-refractivity contribution in [1.82, 2.24) is 9.97 Å². The lowest BCUT2D eigenvalue weighted by molar-refractivity contribution is 0.111. The minimum absolute atomic E-state index is 0.0789. The fraction of sp³-hybridized carbons (Fsp3) is 0. The number of pyridine rings is 2. The van der Waals surface area contributed by atoms with E-state index in [-0.39, 0.29) is 11.4 Å². The average molecular weight is 252 g/mol. The van der Waals surface area contributed by atoms with Gasteiger partial charge in [0.2, 0.25) is 5.95 Å². The van der Waals surface area contributed by atoms with Crippen molar-refractivity contribution in [1.29, 1.82) is 0 Å². The van der Waals surface area contributed by atoms with Crippen LogP contribution in [0.4, 0.5) is 15.9 Å². The van der Waals surface area contributed by atoms with Gasteiger partial charge >= 0.3 is 0 Å². The Labute approximate surface area is 101 Å². The van der Waals surface area contributed by atoms with Crippen LogP contribution in [0.15, 0.2) is 30.5 Å². The summed E-state index contributed by atoms with van der Waals surface area (Å²) in [5.74, 6) is -0.524. The molecule has 0 aliphatic rings. The van der Waals surface area contributed by atoms with Crippen LogP contribution in [-0.4, -0.2) is 16.3 Å². The molecule has 0 bridgehead atoms. The summed E-state index contributed by atoms with van der Waals surface area (Å²) in [6.45, 7) is 0. The standard InChI is InChI=1S/C11H7ClFN3O/c12-9-3-2-8(5-14-9)15-10-4-1-7(6-17)11(13)16-10/h1-6H,(H,15,16). The summed E-state index contributed by atoms with van der Waals surface area (Å²) >= 11 is 5.63. The number of nitrogens with one attached hydrogen (secondary N) is 1. The first-order valence-electron chi connectivity index (χ1n) is 4.69. The lowest BCUT2D eigenvalue weighted by Crippen LogP contribution is -1.98. The molecule has 2 heterocycles. The van der Waals surface area contributed by atoms with Gasteiger partial charge in [0, 0.05) is 0 Å². The number of aromatic nitrogens is 2. The number of halogens is 2. The van der Waals surface area contributed by atoms with Gasteiger partial charge in [0.1, 0.15) is 11.0 Å². The van der Waals surface area contributed by atoms with Crippen LogP contribution in [0.25, 0.3) is 0 Å². The summed E-state index contributed by atoms with van der Waals surface area (Å²) in [4.78, 5) is 17.9. The summed E-state index contributed by atoms with van der Waals surface area (Å²) in [6, 6.07) is 6.13. The minimum Gasteiger partial charge on any atom is -0.339 e. The number of hydrogen-bond donors (Lipinski definition) is 1. The zero-order valence-corrected chi connectivity index (χ0v) is 9.28. The number of aldehydes is 1. The van der Waals surface area contributed by atoms with Gasteiger partial charge in [-0.05, 0) is 24.3 Å². The van der Waals surface area contributed by atoms with Gasteiger partial charge < -0.3 is 5.32 Å². The van der Waals surface area contributed by atoms with Crippen molar-refractivity contribution in [2.24, 2.45) is 0 Å². The zero-order valence-electron chi connectivity index (χ0n) is 8.52. The molecule has 2 rings (SSSR count). The minimum atomic E-state index is -0.813. The molecule has 0 atom stereocenters. The van der Waals surface area contributed by atoms with Gasteiger partial charge in [-0.3, -0.25) is 4.79 Å². The van der Waals surface area contributed by atoms with Gasteiger partial charge in [-0.15, -0.1) is 0 Å². The second kappa shape index (κ2) is 4.88. The molecular formula is C11H7ClFN3O. The fourth-order valence-corrected chi connectivity index (χ4v) is 1.31. The SMILES string of the molecule is O=Cc1ccc(Nc2ccc(Cl)nc2)nc1F. The van der Waals surface area contributed by atoms with E-state index in [2.05, 4.69) is 15.3 Å². The Kier molecular flexibility index (Phi) is 3.30. The Morgan fingerprint density at radius 1 is 1.29 bits per heavy atom. The van der Waals surface area contributed by atoms with Crippen molar-refractivity contribution in [2.45, 2.75) is 0 Å². The number of anilines is 2. The van der Waals surface area contributed by atoms with E-state index in [4.69, 9.17) is 11.6 Å². The van der Waals surface area contributed by atoms with Crippen molar-refractivity contribution in [3.63, 3.8) is 0 Å². The maximum Gasteiger partial charge on any atom is 0.225 e. The third-order valence-corrected chi connectivity index (χ3v) is 2.23. The molecule has 2 aromatic rings. The quantitative estimate of drug-likeness (QED) is 0.673. The first-order valence-corrected chi connectivity index (χ1v) is 5.07. The van der Waals surface area contributed by atoms with Crippen LogP contribution in [0, 0.1) is 5.95 Å². The molecule has 0 radical (unpaired) electrons. The van der Waals surface area contributed by atoms with E-state index >= 15 is 0 Å². The van der Waals surface area contributed by atoms with Crippen molar-refractivity contribution in [2.75, 3.05) is 5.32 Å². The second-order valence-corrected chi connectivity index (χ2v) is 3.58. The largest absolute Gasteiger partial charge is 0.339 e. The molecule has 0 spiro atoms. The molecule has 0 aliphatic heterocycles. The molecule has 1 N–H and O–H groups in total. The molecule has 0 saturated carbocycles. The van der Waals surface area contributed by atoms with Crippen LogP contribution in [0.3, 0.4) is 0 Å². The van der Waals surface area contributed by atoms with Gasteiger partial charge in [-0.25, -0.2) is 9.97 Å². The molecule has 86 valence electrons. The van der Waals surface area contributed by atoms with Crippen molar-refractivity contribution in [3.8, 4) is 0 Å². The van der Waals surface area contributed by atoms with E-state index < -0.39 is 5.95 Å². The second-order valence-electron chi connectivity index (χ2n) is 3.19. The van der Waals surface area contributed by atoms with Crippen molar-refractivity contribution < 1.29 is 9.18 Å². The van der Waals surface area contributed by atoms with E-state index in [1.807, 2.05) is 0 Å². The number of carbonyl (C=O) groups excluding carboxylic acids is 1. The summed E-state index contributed by atoms with van der Waals surface area (Å²) in [6.07, 6.45) is 1.91. The topological polar surface area (TPSA) is 54.9 Å². The van der Waals surface area contributed by atoms with E-state index in [1.54, 1.807) is 12.1 Å². The zero-order chi connectivity index (χ0) is 12.3. The molecule has 6 heteroatoms. The highest BCUT2D eigenvalue weighted by molar-refractivity contribution is 6.29. The highest BCUT2D eigenvalue weighted by Crippen LogP contribution is 2.16. The number of hydrogen-bond acceptors (Lipinski definition) is 4. The van der Waals surface area contributed by atoms with Crippen molar-refractivity contribution in [3.05, 3.63) is 47.1 Å². The Morgan fingerprint density at radius 2 is 2.12 bits per heavy atom.